The fraction of sp³-hybridized carbons (Fsp3) is 0.939. The number of unbranched alkanes of at least 4 members (excludes halogenated alkanes) is 12. The van der Waals surface area contributed by atoms with Crippen LogP contribution in [0.1, 0.15) is 157 Å². The normalized spacial score (nSPS) is 24.6. The molecule has 0 aliphatic heterocycles. The van der Waals surface area contributed by atoms with E-state index in [4.69, 9.17) is 0 Å². The molecule has 1 saturated carbocycles. The van der Waals surface area contributed by atoms with E-state index in [0.717, 1.165) is 115 Å². The van der Waals surface area contributed by atoms with Gasteiger partial charge in [-0.25, -0.2) is 0 Å². The van der Waals surface area contributed by atoms with Crippen LogP contribution < -0.4 is 0 Å². The van der Waals surface area contributed by atoms with E-state index in [2.05, 4.69) is 34.6 Å². The van der Waals surface area contributed by atoms with Crippen LogP contribution in [-0.2, 0) is 18.7 Å². The third kappa shape index (κ3) is 10.9. The molecule has 1 fully saturated rings. The minimum Gasteiger partial charge on any atom is -0.323 e. The summed E-state index contributed by atoms with van der Waals surface area (Å²) in [6, 6.07) is 0. The van der Waals surface area contributed by atoms with E-state index < -0.39 is 19.2 Å². The number of rotatable bonds is 24. The van der Waals surface area contributed by atoms with Gasteiger partial charge in [-0.3, -0.25) is 4.79 Å². The van der Waals surface area contributed by atoms with E-state index in [9.17, 15) is 9.59 Å². The first kappa shape index (κ1) is 36.8. The molecule has 6 heteroatoms. The van der Waals surface area contributed by atoms with Gasteiger partial charge in [0.1, 0.15) is 26.4 Å². The first-order valence-electron chi connectivity index (χ1n) is 16.8. The molecule has 0 saturated heterocycles. The summed E-state index contributed by atoms with van der Waals surface area (Å²) < 4.78 is 30.0. The molecule has 0 aromatic heterocycles. The summed E-state index contributed by atoms with van der Waals surface area (Å²) in [6.45, 7) is 10.8. The van der Waals surface area contributed by atoms with Gasteiger partial charge >= 0.3 is 0 Å². The van der Waals surface area contributed by atoms with Crippen molar-refractivity contribution in [1.29, 1.82) is 0 Å². The van der Waals surface area contributed by atoms with Crippen LogP contribution in [0.2, 0.25) is 0 Å². The predicted molar refractivity (Wildman–Crippen MR) is 172 cm³/mol. The van der Waals surface area contributed by atoms with Crippen LogP contribution >= 0.6 is 14.3 Å². The standard InChI is InChI=1S/C33H64O4P2/c1-6-10-12-21-27-38(36,8-3)33(39(37,9-4)28-22-13-11-7-2)25-24-31(30(5)29-33)32(35)23-19-17-15-14-16-18-20-26-34/h26,30-31H,6-25,27-29H2,1-5H3. The van der Waals surface area contributed by atoms with Gasteiger partial charge in [-0.1, -0.05) is 98.8 Å². The topological polar surface area (TPSA) is 68.3 Å². The molecule has 1 rings (SSSR count). The van der Waals surface area contributed by atoms with Crippen molar-refractivity contribution in [2.45, 2.75) is 162 Å². The first-order chi connectivity index (χ1) is 18.7. The van der Waals surface area contributed by atoms with E-state index >= 15 is 9.13 Å². The van der Waals surface area contributed by atoms with Gasteiger partial charge in [0.05, 0.1) is 4.90 Å². The summed E-state index contributed by atoms with van der Waals surface area (Å²) in [4.78, 5) is 23.2. The van der Waals surface area contributed by atoms with E-state index in [0.29, 0.717) is 30.9 Å². The van der Waals surface area contributed by atoms with Crippen LogP contribution in [0.3, 0.4) is 0 Å². The van der Waals surface area contributed by atoms with Gasteiger partial charge in [0.15, 0.2) is 0 Å². The maximum Gasteiger partial charge on any atom is 0.136 e. The summed E-state index contributed by atoms with van der Waals surface area (Å²) >= 11 is 0. The van der Waals surface area contributed by atoms with Crippen molar-refractivity contribution in [1.82, 2.24) is 0 Å². The Morgan fingerprint density at radius 3 is 1.69 bits per heavy atom. The highest BCUT2D eigenvalue weighted by Gasteiger charge is 2.59. The van der Waals surface area contributed by atoms with Gasteiger partial charge in [0, 0.05) is 31.1 Å². The molecule has 0 spiro atoms. The molecule has 1 aliphatic rings. The smallest absolute Gasteiger partial charge is 0.136 e. The van der Waals surface area contributed by atoms with Gasteiger partial charge in [0.2, 0.25) is 0 Å². The second kappa shape index (κ2) is 19.8. The zero-order chi connectivity index (χ0) is 29.2. The summed E-state index contributed by atoms with van der Waals surface area (Å²) in [7, 11) is -5.35. The van der Waals surface area contributed by atoms with Gasteiger partial charge in [-0.05, 0) is 63.2 Å². The Morgan fingerprint density at radius 2 is 1.23 bits per heavy atom. The highest BCUT2D eigenvalue weighted by atomic mass is 31.2. The van der Waals surface area contributed by atoms with Gasteiger partial charge in [0.25, 0.3) is 0 Å². The molecule has 0 amide bonds. The Labute approximate surface area is 242 Å². The summed E-state index contributed by atoms with van der Waals surface area (Å²) in [5.74, 6) is 0.558. The average Bonchev–Trinajstić information content (AvgIpc) is 2.94. The van der Waals surface area contributed by atoms with Crippen LogP contribution in [0.15, 0.2) is 0 Å². The van der Waals surface area contributed by atoms with Crippen molar-refractivity contribution in [3.63, 3.8) is 0 Å². The van der Waals surface area contributed by atoms with Crippen LogP contribution in [0.5, 0.6) is 0 Å². The molecular weight excluding hydrogens is 522 g/mol. The molecule has 0 aromatic rings. The summed E-state index contributed by atoms with van der Waals surface area (Å²) in [5, 5.41) is 0. The van der Waals surface area contributed by atoms with E-state index in [-0.39, 0.29) is 11.8 Å². The largest absolute Gasteiger partial charge is 0.323 e. The Morgan fingerprint density at radius 1 is 0.744 bits per heavy atom. The number of aldehydes is 1. The number of hydrogen-bond donors (Lipinski definition) is 0. The van der Waals surface area contributed by atoms with Crippen LogP contribution in [0.25, 0.3) is 0 Å². The van der Waals surface area contributed by atoms with E-state index in [1.54, 1.807) is 0 Å². The second-order valence-electron chi connectivity index (χ2n) is 12.6. The highest BCUT2D eigenvalue weighted by Crippen LogP contribution is 2.81. The monoisotopic (exact) mass is 586 g/mol. The minimum absolute atomic E-state index is 0.0292. The van der Waals surface area contributed by atoms with Gasteiger partial charge < -0.3 is 13.9 Å². The molecule has 0 heterocycles. The molecule has 4 atom stereocenters. The lowest BCUT2D eigenvalue weighted by Crippen LogP contribution is -2.42. The number of hydrogen-bond acceptors (Lipinski definition) is 4. The molecule has 230 valence electrons. The fourth-order valence-electron chi connectivity index (χ4n) is 7.31. The molecule has 4 unspecified atom stereocenters. The molecule has 1 aliphatic carbocycles. The molecule has 0 radical (unpaired) electrons. The van der Waals surface area contributed by atoms with Crippen molar-refractivity contribution in [2.24, 2.45) is 11.8 Å². The Bertz CT molecular complexity index is 744. The zero-order valence-electron chi connectivity index (χ0n) is 26.5. The van der Waals surface area contributed by atoms with Crippen molar-refractivity contribution in [2.75, 3.05) is 24.6 Å². The third-order valence-electron chi connectivity index (χ3n) is 9.88. The molecule has 39 heavy (non-hydrogen) atoms. The van der Waals surface area contributed by atoms with E-state index in [1.807, 2.05) is 0 Å². The minimum atomic E-state index is -2.67. The van der Waals surface area contributed by atoms with Gasteiger partial charge in [-0.15, -0.1) is 0 Å². The van der Waals surface area contributed by atoms with Crippen molar-refractivity contribution in [3.05, 3.63) is 0 Å². The SMILES string of the molecule is CCCCCCP(=O)(CC)C1(P(=O)(CC)CCCCCC)CCC(C(=O)CCCCCCCCC=O)C(C)C1. The average molecular weight is 587 g/mol. The van der Waals surface area contributed by atoms with Crippen LogP contribution in [0.4, 0.5) is 0 Å². The molecule has 0 N–H and O–H groups in total. The molecule has 0 bridgehead atoms. The van der Waals surface area contributed by atoms with Crippen molar-refractivity contribution in [3.8, 4) is 0 Å². The van der Waals surface area contributed by atoms with Crippen molar-refractivity contribution >= 4 is 26.4 Å². The lowest BCUT2D eigenvalue weighted by atomic mass is 9.76. The lowest BCUT2D eigenvalue weighted by molar-refractivity contribution is -0.125. The number of Topliss-reactive ketones (excluding diaryl/α,β-unsaturated/α-hetero) is 1. The predicted octanol–water partition coefficient (Wildman–Crippen LogP) is 10.9. The molecule has 4 nitrogen and oxygen atoms in total. The zero-order valence-corrected chi connectivity index (χ0v) is 28.3. The Hall–Kier alpha value is -0.200. The second-order valence-corrected chi connectivity index (χ2v) is 20.4. The maximum atomic E-state index is 15.0. The highest BCUT2D eigenvalue weighted by molar-refractivity contribution is 7.83. The van der Waals surface area contributed by atoms with Crippen LogP contribution in [-0.4, -0.2) is 41.6 Å². The maximum absolute atomic E-state index is 15.0. The lowest BCUT2D eigenvalue weighted by Gasteiger charge is -2.51. The third-order valence-corrected chi connectivity index (χ3v) is 20.0. The Balaban J connectivity index is 3.01. The van der Waals surface area contributed by atoms with Crippen molar-refractivity contribution < 1.29 is 18.7 Å². The summed E-state index contributed by atoms with van der Waals surface area (Å²) in [6.07, 6.45) is 22.5. The summed E-state index contributed by atoms with van der Waals surface area (Å²) in [5.41, 5.74) is 0. The number of carbonyl (C=O) groups is 2. The first-order valence-corrected chi connectivity index (χ1v) is 21.0. The molecular formula is C33H64O4P2. The quantitative estimate of drug-likeness (QED) is 0.0641. The van der Waals surface area contributed by atoms with Crippen LogP contribution in [0, 0.1) is 11.8 Å². The van der Waals surface area contributed by atoms with E-state index in [1.165, 1.54) is 12.8 Å². The Kier molecular flexibility index (Phi) is 18.7. The fourth-order valence-corrected chi connectivity index (χ4v) is 17.8. The number of ketones is 1. The number of carbonyl (C=O) groups excluding carboxylic acids is 2. The van der Waals surface area contributed by atoms with Gasteiger partial charge in [-0.2, -0.15) is 0 Å². The molecule has 0 aromatic carbocycles.